The molecule has 90 valence electrons. The van der Waals surface area contributed by atoms with Crippen LogP contribution in [0.1, 0.15) is 22.9 Å². The molecule has 0 saturated heterocycles. The first-order chi connectivity index (χ1) is 8.19. The lowest BCUT2D eigenvalue weighted by atomic mass is 10.2. The summed E-state index contributed by atoms with van der Waals surface area (Å²) < 4.78 is 11.0. The van der Waals surface area contributed by atoms with Crippen LogP contribution in [0.3, 0.4) is 0 Å². The molecule has 0 amide bonds. The summed E-state index contributed by atoms with van der Waals surface area (Å²) in [7, 11) is 0. The fraction of sp³-hybridized carbons (Fsp3) is 0.308. The number of aryl methyl sites for hydroxylation is 2. The predicted molar refractivity (Wildman–Crippen MR) is 64.6 cm³/mol. The molecule has 2 rings (SSSR count). The normalized spacial score (nSPS) is 10.5. The minimum atomic E-state index is 0.336. The van der Waals surface area contributed by atoms with Crippen LogP contribution in [-0.2, 0) is 13.2 Å². The second-order valence-corrected chi connectivity index (χ2v) is 3.89. The molecule has 0 unspecified atom stereocenters. The van der Waals surface area contributed by atoms with Gasteiger partial charge in [-0.05, 0) is 31.5 Å². The maximum absolute atomic E-state index is 5.59. The van der Waals surface area contributed by atoms with E-state index < -0.39 is 0 Å². The first kappa shape index (κ1) is 11.7. The van der Waals surface area contributed by atoms with E-state index >= 15 is 0 Å². The summed E-state index contributed by atoms with van der Waals surface area (Å²) in [6, 6.07) is 7.69. The topological polar surface area (TPSA) is 61.3 Å². The summed E-state index contributed by atoms with van der Waals surface area (Å²) in [5.41, 5.74) is 7.51. The second kappa shape index (κ2) is 5.01. The molecule has 0 fully saturated rings. The van der Waals surface area contributed by atoms with Gasteiger partial charge in [0.1, 0.15) is 11.5 Å². The van der Waals surface area contributed by atoms with Crippen LogP contribution in [0.5, 0.6) is 5.75 Å². The van der Waals surface area contributed by atoms with Crippen LogP contribution >= 0.6 is 0 Å². The van der Waals surface area contributed by atoms with E-state index in [1.165, 1.54) is 0 Å². The molecule has 0 spiro atoms. The van der Waals surface area contributed by atoms with Crippen molar-refractivity contribution < 1.29 is 9.15 Å². The van der Waals surface area contributed by atoms with E-state index in [-0.39, 0.29) is 0 Å². The zero-order chi connectivity index (χ0) is 12.3. The lowest BCUT2D eigenvalue weighted by Crippen LogP contribution is -1.99. The van der Waals surface area contributed by atoms with Crippen LogP contribution < -0.4 is 10.5 Å². The van der Waals surface area contributed by atoms with Crippen LogP contribution in [0.4, 0.5) is 0 Å². The van der Waals surface area contributed by atoms with Crippen molar-refractivity contribution in [1.29, 1.82) is 0 Å². The average molecular weight is 232 g/mol. The molecule has 0 bridgehead atoms. The Kier molecular flexibility index (Phi) is 3.44. The fourth-order valence-corrected chi connectivity index (χ4v) is 1.51. The molecule has 0 saturated carbocycles. The van der Waals surface area contributed by atoms with Gasteiger partial charge in [0.25, 0.3) is 0 Å². The van der Waals surface area contributed by atoms with E-state index in [9.17, 15) is 0 Å². The van der Waals surface area contributed by atoms with E-state index in [1.54, 1.807) is 0 Å². The number of oxazole rings is 1. The molecule has 0 atom stereocenters. The Morgan fingerprint density at radius 1 is 1.35 bits per heavy atom. The van der Waals surface area contributed by atoms with Gasteiger partial charge in [-0.2, -0.15) is 0 Å². The van der Waals surface area contributed by atoms with Crippen LogP contribution in [0, 0.1) is 13.8 Å². The summed E-state index contributed by atoms with van der Waals surface area (Å²) in [6.45, 7) is 4.65. The van der Waals surface area contributed by atoms with Crippen LogP contribution in [0.15, 0.2) is 28.7 Å². The highest BCUT2D eigenvalue weighted by Crippen LogP contribution is 2.15. The minimum absolute atomic E-state index is 0.336. The summed E-state index contributed by atoms with van der Waals surface area (Å²) in [5.74, 6) is 2.21. The van der Waals surface area contributed by atoms with Gasteiger partial charge in [-0.25, -0.2) is 4.98 Å². The van der Waals surface area contributed by atoms with E-state index in [0.29, 0.717) is 19.0 Å². The molecule has 0 aliphatic heterocycles. The molecule has 17 heavy (non-hydrogen) atoms. The standard InChI is InChI=1S/C13H16N2O2/c1-9-10(2)17-13(15-9)8-16-12-5-3-4-11(6-12)7-14/h3-6H,7-8,14H2,1-2H3. The smallest absolute Gasteiger partial charge is 0.232 e. The Morgan fingerprint density at radius 2 is 2.18 bits per heavy atom. The lowest BCUT2D eigenvalue weighted by molar-refractivity contribution is 0.260. The Bertz CT molecular complexity index is 486. The summed E-state index contributed by atoms with van der Waals surface area (Å²) >= 11 is 0. The molecule has 0 aliphatic carbocycles. The fourth-order valence-electron chi connectivity index (χ4n) is 1.51. The Hall–Kier alpha value is -1.81. The predicted octanol–water partition coefficient (Wildman–Crippen LogP) is 2.33. The highest BCUT2D eigenvalue weighted by molar-refractivity contribution is 5.28. The van der Waals surface area contributed by atoms with Crippen molar-refractivity contribution >= 4 is 0 Å². The van der Waals surface area contributed by atoms with Crippen molar-refractivity contribution in [3.05, 3.63) is 47.2 Å². The Balaban J connectivity index is 2.01. The highest BCUT2D eigenvalue weighted by atomic mass is 16.5. The van der Waals surface area contributed by atoms with Gasteiger partial charge in [-0.3, -0.25) is 0 Å². The van der Waals surface area contributed by atoms with Crippen molar-refractivity contribution in [2.24, 2.45) is 5.73 Å². The van der Waals surface area contributed by atoms with Gasteiger partial charge in [-0.1, -0.05) is 12.1 Å². The maximum Gasteiger partial charge on any atom is 0.232 e. The lowest BCUT2D eigenvalue weighted by Gasteiger charge is -2.04. The zero-order valence-electron chi connectivity index (χ0n) is 10.1. The molecule has 2 aromatic rings. The average Bonchev–Trinajstić information content (AvgIpc) is 2.67. The van der Waals surface area contributed by atoms with Gasteiger partial charge < -0.3 is 14.9 Å². The van der Waals surface area contributed by atoms with Gasteiger partial charge >= 0.3 is 0 Å². The molecule has 1 heterocycles. The quantitative estimate of drug-likeness (QED) is 0.878. The van der Waals surface area contributed by atoms with E-state index in [0.717, 1.165) is 22.8 Å². The number of nitrogens with zero attached hydrogens (tertiary/aromatic N) is 1. The van der Waals surface area contributed by atoms with E-state index in [1.807, 2.05) is 38.1 Å². The molecule has 2 N–H and O–H groups in total. The van der Waals surface area contributed by atoms with Crippen molar-refractivity contribution in [3.63, 3.8) is 0 Å². The van der Waals surface area contributed by atoms with Crippen molar-refractivity contribution in [2.45, 2.75) is 27.0 Å². The number of aromatic nitrogens is 1. The van der Waals surface area contributed by atoms with Gasteiger partial charge in [-0.15, -0.1) is 0 Å². The van der Waals surface area contributed by atoms with Crippen LogP contribution in [-0.4, -0.2) is 4.98 Å². The third-order valence-electron chi connectivity index (χ3n) is 2.57. The SMILES string of the molecule is Cc1nc(COc2cccc(CN)c2)oc1C. The molecule has 1 aromatic carbocycles. The number of hydrogen-bond donors (Lipinski definition) is 1. The zero-order valence-corrected chi connectivity index (χ0v) is 10.1. The molecule has 0 aliphatic rings. The molecule has 4 nitrogen and oxygen atoms in total. The van der Waals surface area contributed by atoms with Gasteiger partial charge in [0.15, 0.2) is 6.61 Å². The van der Waals surface area contributed by atoms with Crippen molar-refractivity contribution in [2.75, 3.05) is 0 Å². The number of hydrogen-bond acceptors (Lipinski definition) is 4. The number of nitrogens with two attached hydrogens (primary N) is 1. The van der Waals surface area contributed by atoms with Crippen molar-refractivity contribution in [1.82, 2.24) is 4.98 Å². The number of benzene rings is 1. The van der Waals surface area contributed by atoms with Gasteiger partial charge in [0.2, 0.25) is 5.89 Å². The van der Waals surface area contributed by atoms with Gasteiger partial charge in [0.05, 0.1) is 5.69 Å². The highest BCUT2D eigenvalue weighted by Gasteiger charge is 2.06. The van der Waals surface area contributed by atoms with Crippen molar-refractivity contribution in [3.8, 4) is 5.75 Å². The second-order valence-electron chi connectivity index (χ2n) is 3.89. The molecular formula is C13H16N2O2. The summed E-state index contributed by atoms with van der Waals surface area (Å²) in [4.78, 5) is 4.25. The maximum atomic E-state index is 5.59. The minimum Gasteiger partial charge on any atom is -0.484 e. The monoisotopic (exact) mass is 232 g/mol. The molecule has 4 heteroatoms. The molecule has 0 radical (unpaired) electrons. The number of rotatable bonds is 4. The summed E-state index contributed by atoms with van der Waals surface area (Å²) in [6.07, 6.45) is 0. The Labute approximate surface area is 100 Å². The van der Waals surface area contributed by atoms with E-state index in [2.05, 4.69) is 4.98 Å². The first-order valence-electron chi connectivity index (χ1n) is 5.53. The number of ether oxygens (including phenoxy) is 1. The van der Waals surface area contributed by atoms with Crippen LogP contribution in [0.25, 0.3) is 0 Å². The van der Waals surface area contributed by atoms with Crippen LogP contribution in [0.2, 0.25) is 0 Å². The third-order valence-corrected chi connectivity index (χ3v) is 2.57. The molecule has 1 aromatic heterocycles. The summed E-state index contributed by atoms with van der Waals surface area (Å²) in [5, 5.41) is 0. The van der Waals surface area contributed by atoms with Gasteiger partial charge in [0, 0.05) is 6.54 Å². The van der Waals surface area contributed by atoms with E-state index in [4.69, 9.17) is 14.9 Å². The first-order valence-corrected chi connectivity index (χ1v) is 5.53. The third kappa shape index (κ3) is 2.85. The molecular weight excluding hydrogens is 216 g/mol. The largest absolute Gasteiger partial charge is 0.484 e. The Morgan fingerprint density at radius 3 is 2.82 bits per heavy atom.